The first kappa shape index (κ1) is 14.8. The Balaban J connectivity index is 1.57. The van der Waals surface area contributed by atoms with Gasteiger partial charge in [-0.05, 0) is 38.0 Å². The summed E-state index contributed by atoms with van der Waals surface area (Å²) in [5.41, 5.74) is 1.90. The Morgan fingerprint density at radius 2 is 2.05 bits per heavy atom. The molecular formula is C16H18N2O3S. The standard InChI is InChI=1S/C16H18N2O3S/c1-10-15(22-11(2)18-10)16(19)17-6-5-12-3-4-13-14(9-12)21-8-7-20-13/h3-4,9H,5-8H2,1-2H3,(H,17,19). The quantitative estimate of drug-likeness (QED) is 0.941. The molecule has 0 bridgehead atoms. The van der Waals surface area contributed by atoms with Crippen LogP contribution in [0.1, 0.15) is 25.9 Å². The highest BCUT2D eigenvalue weighted by Crippen LogP contribution is 2.30. The number of thiazole rings is 1. The van der Waals surface area contributed by atoms with E-state index in [4.69, 9.17) is 9.47 Å². The normalized spacial score (nSPS) is 13.0. The lowest BCUT2D eigenvalue weighted by Crippen LogP contribution is -2.25. The van der Waals surface area contributed by atoms with Crippen LogP contribution in [0, 0.1) is 13.8 Å². The summed E-state index contributed by atoms with van der Waals surface area (Å²) in [6, 6.07) is 5.90. The van der Waals surface area contributed by atoms with E-state index in [1.807, 2.05) is 32.0 Å². The Labute approximate surface area is 133 Å². The van der Waals surface area contributed by atoms with Gasteiger partial charge in [0.15, 0.2) is 11.5 Å². The summed E-state index contributed by atoms with van der Waals surface area (Å²) in [6.45, 7) is 5.52. The van der Waals surface area contributed by atoms with E-state index in [1.54, 1.807) is 0 Å². The molecule has 6 heteroatoms. The highest BCUT2D eigenvalue weighted by Gasteiger charge is 2.14. The van der Waals surface area contributed by atoms with E-state index in [-0.39, 0.29) is 5.91 Å². The zero-order valence-corrected chi connectivity index (χ0v) is 13.5. The van der Waals surface area contributed by atoms with E-state index >= 15 is 0 Å². The maximum atomic E-state index is 12.1. The summed E-state index contributed by atoms with van der Waals surface area (Å²) >= 11 is 1.43. The average Bonchev–Trinajstić information content (AvgIpc) is 2.86. The van der Waals surface area contributed by atoms with Crippen LogP contribution in [-0.2, 0) is 6.42 Å². The molecule has 1 aliphatic rings. The highest BCUT2D eigenvalue weighted by atomic mass is 32.1. The molecule has 0 unspecified atom stereocenters. The number of fused-ring (bicyclic) bond motifs is 1. The van der Waals surface area contributed by atoms with Gasteiger partial charge in [0.25, 0.3) is 5.91 Å². The number of carbonyl (C=O) groups excluding carboxylic acids is 1. The molecule has 0 aliphatic carbocycles. The number of amides is 1. The van der Waals surface area contributed by atoms with Crippen molar-refractivity contribution in [3.63, 3.8) is 0 Å². The van der Waals surface area contributed by atoms with E-state index in [2.05, 4.69) is 10.3 Å². The van der Waals surface area contributed by atoms with Crippen molar-refractivity contribution in [3.8, 4) is 11.5 Å². The number of benzene rings is 1. The molecule has 1 amide bonds. The number of hydrogen-bond donors (Lipinski definition) is 1. The van der Waals surface area contributed by atoms with Crippen LogP contribution in [0.3, 0.4) is 0 Å². The van der Waals surface area contributed by atoms with Gasteiger partial charge < -0.3 is 14.8 Å². The fraction of sp³-hybridized carbons (Fsp3) is 0.375. The summed E-state index contributed by atoms with van der Waals surface area (Å²) in [6.07, 6.45) is 0.749. The van der Waals surface area contributed by atoms with Crippen LogP contribution < -0.4 is 14.8 Å². The molecule has 0 radical (unpaired) electrons. The molecule has 1 N–H and O–H groups in total. The van der Waals surface area contributed by atoms with Crippen molar-refractivity contribution in [2.24, 2.45) is 0 Å². The number of nitrogens with zero attached hydrogens (tertiary/aromatic N) is 1. The minimum absolute atomic E-state index is 0.0550. The highest BCUT2D eigenvalue weighted by molar-refractivity contribution is 7.13. The van der Waals surface area contributed by atoms with Gasteiger partial charge in [0.2, 0.25) is 0 Å². The number of rotatable bonds is 4. The van der Waals surface area contributed by atoms with Gasteiger partial charge in [-0.2, -0.15) is 0 Å². The largest absolute Gasteiger partial charge is 0.486 e. The van der Waals surface area contributed by atoms with Crippen LogP contribution in [0.15, 0.2) is 18.2 Å². The molecule has 0 fully saturated rings. The number of carbonyl (C=O) groups is 1. The molecule has 116 valence electrons. The first-order chi connectivity index (χ1) is 10.6. The van der Waals surface area contributed by atoms with E-state index in [0.717, 1.165) is 34.2 Å². The minimum Gasteiger partial charge on any atom is -0.486 e. The second-order valence-corrected chi connectivity index (χ2v) is 6.33. The first-order valence-electron chi connectivity index (χ1n) is 7.24. The Morgan fingerprint density at radius 1 is 1.27 bits per heavy atom. The molecule has 0 spiro atoms. The number of ether oxygens (including phenoxy) is 2. The lowest BCUT2D eigenvalue weighted by atomic mass is 10.1. The van der Waals surface area contributed by atoms with Crippen molar-refractivity contribution >= 4 is 17.2 Å². The number of aromatic nitrogens is 1. The van der Waals surface area contributed by atoms with Gasteiger partial charge in [-0.15, -0.1) is 11.3 Å². The van der Waals surface area contributed by atoms with Gasteiger partial charge in [-0.3, -0.25) is 4.79 Å². The minimum atomic E-state index is -0.0550. The molecule has 0 saturated carbocycles. The predicted octanol–water partition coefficient (Wildman–Crippen LogP) is 2.50. The maximum Gasteiger partial charge on any atom is 0.263 e. The molecule has 2 aromatic rings. The lowest BCUT2D eigenvalue weighted by Gasteiger charge is -2.18. The molecule has 1 aliphatic heterocycles. The third kappa shape index (κ3) is 3.22. The smallest absolute Gasteiger partial charge is 0.263 e. The Hall–Kier alpha value is -2.08. The summed E-state index contributed by atoms with van der Waals surface area (Å²) in [5, 5.41) is 3.85. The third-order valence-electron chi connectivity index (χ3n) is 3.42. The fourth-order valence-corrected chi connectivity index (χ4v) is 3.22. The molecule has 2 heterocycles. The molecule has 5 nitrogen and oxygen atoms in total. The molecule has 1 aromatic carbocycles. The van der Waals surface area contributed by atoms with Gasteiger partial charge >= 0.3 is 0 Å². The van der Waals surface area contributed by atoms with Crippen LogP contribution in [0.2, 0.25) is 0 Å². The van der Waals surface area contributed by atoms with Crippen molar-refractivity contribution in [2.75, 3.05) is 19.8 Å². The zero-order valence-electron chi connectivity index (χ0n) is 12.6. The third-order valence-corrected chi connectivity index (χ3v) is 4.49. The van der Waals surface area contributed by atoms with E-state index in [0.29, 0.717) is 24.6 Å². The van der Waals surface area contributed by atoms with Crippen LogP contribution in [0.5, 0.6) is 11.5 Å². The van der Waals surface area contributed by atoms with Crippen molar-refractivity contribution in [1.82, 2.24) is 10.3 Å². The molecule has 1 aromatic heterocycles. The van der Waals surface area contributed by atoms with Crippen LogP contribution in [0.4, 0.5) is 0 Å². The number of hydrogen-bond acceptors (Lipinski definition) is 5. The monoisotopic (exact) mass is 318 g/mol. The molecule has 22 heavy (non-hydrogen) atoms. The van der Waals surface area contributed by atoms with E-state index in [9.17, 15) is 4.79 Å². The van der Waals surface area contributed by atoms with Gasteiger partial charge in [-0.1, -0.05) is 6.07 Å². The van der Waals surface area contributed by atoms with Gasteiger partial charge in [0.1, 0.15) is 18.1 Å². The second-order valence-electron chi connectivity index (χ2n) is 5.13. The summed E-state index contributed by atoms with van der Waals surface area (Å²) in [4.78, 5) is 17.1. The van der Waals surface area contributed by atoms with E-state index < -0.39 is 0 Å². The van der Waals surface area contributed by atoms with Gasteiger partial charge in [0.05, 0.1) is 10.7 Å². The van der Waals surface area contributed by atoms with Crippen LogP contribution in [-0.4, -0.2) is 30.6 Å². The molecule has 3 rings (SSSR count). The van der Waals surface area contributed by atoms with Gasteiger partial charge in [0, 0.05) is 6.54 Å². The number of nitrogens with one attached hydrogen (secondary N) is 1. The van der Waals surface area contributed by atoms with Crippen molar-refractivity contribution in [3.05, 3.63) is 39.3 Å². The zero-order chi connectivity index (χ0) is 15.5. The van der Waals surface area contributed by atoms with Crippen LogP contribution in [0.25, 0.3) is 0 Å². The Morgan fingerprint density at radius 3 is 2.77 bits per heavy atom. The number of aryl methyl sites for hydroxylation is 2. The molecule has 0 atom stereocenters. The van der Waals surface area contributed by atoms with Crippen LogP contribution >= 0.6 is 11.3 Å². The van der Waals surface area contributed by atoms with Crippen molar-refractivity contribution < 1.29 is 14.3 Å². The first-order valence-corrected chi connectivity index (χ1v) is 8.06. The lowest BCUT2D eigenvalue weighted by molar-refractivity contribution is 0.0957. The van der Waals surface area contributed by atoms with Crippen molar-refractivity contribution in [1.29, 1.82) is 0 Å². The maximum absolute atomic E-state index is 12.1. The Kier molecular flexibility index (Phi) is 4.29. The van der Waals surface area contributed by atoms with E-state index in [1.165, 1.54) is 11.3 Å². The Bertz CT molecular complexity index is 697. The van der Waals surface area contributed by atoms with Crippen molar-refractivity contribution in [2.45, 2.75) is 20.3 Å². The summed E-state index contributed by atoms with van der Waals surface area (Å²) in [5.74, 6) is 1.51. The molecular weight excluding hydrogens is 300 g/mol. The molecule has 0 saturated heterocycles. The SMILES string of the molecule is Cc1nc(C)c(C(=O)NCCc2ccc3c(c2)OCCO3)s1. The summed E-state index contributed by atoms with van der Waals surface area (Å²) < 4.78 is 11.1. The second kappa shape index (κ2) is 6.36. The fourth-order valence-electron chi connectivity index (χ4n) is 2.39. The van der Waals surface area contributed by atoms with Gasteiger partial charge in [-0.25, -0.2) is 4.98 Å². The summed E-state index contributed by atoms with van der Waals surface area (Å²) in [7, 11) is 0. The predicted molar refractivity (Wildman–Crippen MR) is 85.1 cm³/mol. The average molecular weight is 318 g/mol. The topological polar surface area (TPSA) is 60.5 Å².